The monoisotopic (exact) mass is 356 g/mol. The number of aromatic nitrogens is 4. The van der Waals surface area contributed by atoms with E-state index in [2.05, 4.69) is 15.3 Å². The molecule has 3 aromatic rings. The van der Waals surface area contributed by atoms with Crippen LogP contribution < -0.4 is 5.73 Å². The Morgan fingerprint density at radius 1 is 1.23 bits per heavy atom. The number of morpholine rings is 1. The van der Waals surface area contributed by atoms with Gasteiger partial charge in [0.2, 0.25) is 5.91 Å². The summed E-state index contributed by atoms with van der Waals surface area (Å²) in [5.74, 6) is 0.599. The summed E-state index contributed by atoms with van der Waals surface area (Å²) >= 11 is 0. The van der Waals surface area contributed by atoms with Crippen LogP contribution in [0, 0.1) is 0 Å². The fourth-order valence-corrected chi connectivity index (χ4v) is 3.38. The van der Waals surface area contributed by atoms with Crippen LogP contribution in [0.1, 0.15) is 13.8 Å². The van der Waals surface area contributed by atoms with E-state index >= 15 is 0 Å². The number of nitrogen functional groups attached to an aromatic ring is 1. The number of nitrogens with two attached hydrogens (primary N) is 1. The topological polar surface area (TPSA) is 112 Å². The third kappa shape index (κ3) is 2.90. The molecule has 1 aliphatic rings. The Bertz CT molecular complexity index is 939. The summed E-state index contributed by atoms with van der Waals surface area (Å²) in [5, 5.41) is 7.47. The highest BCUT2D eigenvalue weighted by atomic mass is 16.6. The highest BCUT2D eigenvalue weighted by molar-refractivity contribution is 5.85. The Morgan fingerprint density at radius 3 is 2.65 bits per heavy atom. The number of para-hydroxylation sites is 2. The second-order valence-corrected chi connectivity index (χ2v) is 6.56. The standard InChI is InChI=1S/C17H20N6O3/c1-10-7-22(8-11(2)25-10)14(24)9-23-13-6-4-3-5-12(13)19-17(23)15-16(18)21-26-20-15/h3-6,10-11H,7-9H2,1-2H3,(H2,18,21)/t10-,11+. The van der Waals surface area contributed by atoms with Crippen molar-refractivity contribution < 1.29 is 14.2 Å². The molecule has 0 radical (unpaired) electrons. The molecule has 1 aliphatic heterocycles. The van der Waals surface area contributed by atoms with Gasteiger partial charge in [-0.2, -0.15) is 0 Å². The van der Waals surface area contributed by atoms with Gasteiger partial charge in [0.05, 0.1) is 23.2 Å². The van der Waals surface area contributed by atoms with Crippen LogP contribution in [0.25, 0.3) is 22.6 Å². The molecule has 2 N–H and O–H groups in total. The number of imidazole rings is 1. The summed E-state index contributed by atoms with van der Waals surface area (Å²) in [6, 6.07) is 7.58. The number of fused-ring (bicyclic) bond motifs is 1. The first-order valence-electron chi connectivity index (χ1n) is 8.50. The van der Waals surface area contributed by atoms with E-state index in [4.69, 9.17) is 15.1 Å². The number of benzene rings is 1. The molecule has 4 rings (SSSR count). The first kappa shape index (κ1) is 16.5. The molecule has 3 heterocycles. The van der Waals surface area contributed by atoms with Crippen molar-refractivity contribution in [3.05, 3.63) is 24.3 Å². The van der Waals surface area contributed by atoms with Gasteiger partial charge in [-0.1, -0.05) is 12.1 Å². The molecule has 0 saturated carbocycles. The second kappa shape index (κ2) is 6.41. The summed E-state index contributed by atoms with van der Waals surface area (Å²) < 4.78 is 12.2. The van der Waals surface area contributed by atoms with Crippen LogP contribution in [-0.2, 0) is 16.1 Å². The Kier molecular flexibility index (Phi) is 4.08. The van der Waals surface area contributed by atoms with E-state index in [1.54, 1.807) is 4.57 Å². The first-order chi connectivity index (χ1) is 12.5. The van der Waals surface area contributed by atoms with Crippen molar-refractivity contribution in [2.75, 3.05) is 18.8 Å². The molecule has 1 fully saturated rings. The predicted octanol–water partition coefficient (Wildman–Crippen LogP) is 1.30. The normalized spacial score (nSPS) is 20.6. The van der Waals surface area contributed by atoms with Gasteiger partial charge in [-0.15, -0.1) is 0 Å². The van der Waals surface area contributed by atoms with E-state index in [0.29, 0.717) is 24.6 Å². The largest absolute Gasteiger partial charge is 0.379 e. The molecule has 26 heavy (non-hydrogen) atoms. The minimum Gasteiger partial charge on any atom is -0.379 e. The van der Waals surface area contributed by atoms with Gasteiger partial charge in [-0.3, -0.25) is 4.79 Å². The fourth-order valence-electron chi connectivity index (χ4n) is 3.38. The van der Waals surface area contributed by atoms with Gasteiger partial charge in [-0.05, 0) is 36.3 Å². The van der Waals surface area contributed by atoms with E-state index in [1.807, 2.05) is 43.0 Å². The van der Waals surface area contributed by atoms with Crippen molar-refractivity contribution in [1.29, 1.82) is 0 Å². The highest BCUT2D eigenvalue weighted by Crippen LogP contribution is 2.26. The van der Waals surface area contributed by atoms with Crippen LogP contribution in [-0.4, -0.2) is 56.0 Å². The van der Waals surface area contributed by atoms with E-state index in [9.17, 15) is 4.79 Å². The van der Waals surface area contributed by atoms with Crippen LogP contribution in [0.5, 0.6) is 0 Å². The van der Waals surface area contributed by atoms with E-state index < -0.39 is 0 Å². The number of rotatable bonds is 3. The molecular weight excluding hydrogens is 336 g/mol. The van der Waals surface area contributed by atoms with Gasteiger partial charge in [0.25, 0.3) is 0 Å². The van der Waals surface area contributed by atoms with Gasteiger partial charge < -0.3 is 19.9 Å². The van der Waals surface area contributed by atoms with E-state index in [1.165, 1.54) is 0 Å². The summed E-state index contributed by atoms with van der Waals surface area (Å²) in [4.78, 5) is 19.3. The fraction of sp³-hybridized carbons (Fsp3) is 0.412. The van der Waals surface area contributed by atoms with Gasteiger partial charge in [0, 0.05) is 13.1 Å². The van der Waals surface area contributed by atoms with Crippen molar-refractivity contribution in [2.45, 2.75) is 32.6 Å². The smallest absolute Gasteiger partial charge is 0.242 e. The maximum atomic E-state index is 12.9. The minimum absolute atomic E-state index is 0.00794. The number of anilines is 1. The van der Waals surface area contributed by atoms with E-state index in [-0.39, 0.29) is 30.5 Å². The first-order valence-corrected chi connectivity index (χ1v) is 8.50. The summed E-state index contributed by atoms with van der Waals surface area (Å²) in [5.41, 5.74) is 7.75. The van der Waals surface area contributed by atoms with Crippen LogP contribution in [0.3, 0.4) is 0 Å². The SMILES string of the molecule is C[C@@H]1CN(C(=O)Cn2c(-c3nonc3N)nc3ccccc32)C[C@H](C)O1. The molecular formula is C17H20N6O3. The third-order valence-electron chi connectivity index (χ3n) is 4.45. The molecule has 2 aromatic heterocycles. The van der Waals surface area contributed by atoms with Crippen LogP contribution in [0.4, 0.5) is 5.82 Å². The molecule has 1 aromatic carbocycles. The number of carbonyl (C=O) groups is 1. The highest BCUT2D eigenvalue weighted by Gasteiger charge is 2.27. The maximum Gasteiger partial charge on any atom is 0.242 e. The van der Waals surface area contributed by atoms with Gasteiger partial charge in [0.1, 0.15) is 6.54 Å². The lowest BCUT2D eigenvalue weighted by atomic mass is 10.2. The number of hydrogen-bond donors (Lipinski definition) is 1. The molecule has 0 unspecified atom stereocenters. The number of ether oxygens (including phenoxy) is 1. The Morgan fingerprint density at radius 2 is 1.96 bits per heavy atom. The summed E-state index contributed by atoms with van der Waals surface area (Å²) in [6.45, 7) is 5.20. The van der Waals surface area contributed by atoms with Crippen LogP contribution in [0.15, 0.2) is 28.9 Å². The number of hydrogen-bond acceptors (Lipinski definition) is 7. The molecule has 2 atom stereocenters. The quantitative estimate of drug-likeness (QED) is 0.753. The van der Waals surface area contributed by atoms with Gasteiger partial charge in [0.15, 0.2) is 17.3 Å². The maximum absolute atomic E-state index is 12.9. The number of nitrogens with zero attached hydrogens (tertiary/aromatic N) is 5. The third-order valence-corrected chi connectivity index (χ3v) is 4.45. The lowest BCUT2D eigenvalue weighted by Gasteiger charge is -2.35. The van der Waals surface area contributed by atoms with Crippen LogP contribution >= 0.6 is 0 Å². The Balaban J connectivity index is 1.71. The summed E-state index contributed by atoms with van der Waals surface area (Å²) in [7, 11) is 0. The summed E-state index contributed by atoms with van der Waals surface area (Å²) in [6.07, 6.45) is 0.0224. The second-order valence-electron chi connectivity index (χ2n) is 6.56. The van der Waals surface area contributed by atoms with Gasteiger partial charge >= 0.3 is 0 Å². The molecule has 1 saturated heterocycles. The average Bonchev–Trinajstić information content (AvgIpc) is 3.17. The van der Waals surface area contributed by atoms with Crippen molar-refractivity contribution in [3.8, 4) is 11.5 Å². The molecule has 0 aliphatic carbocycles. The average molecular weight is 356 g/mol. The predicted molar refractivity (Wildman–Crippen MR) is 94.0 cm³/mol. The molecule has 9 heteroatoms. The zero-order chi connectivity index (χ0) is 18.3. The zero-order valence-corrected chi connectivity index (χ0v) is 14.6. The molecule has 136 valence electrons. The van der Waals surface area contributed by atoms with Crippen molar-refractivity contribution in [1.82, 2.24) is 24.8 Å². The molecule has 1 amide bonds. The van der Waals surface area contributed by atoms with Crippen molar-refractivity contribution >= 4 is 22.8 Å². The zero-order valence-electron chi connectivity index (χ0n) is 14.6. The Hall–Kier alpha value is -2.94. The number of amides is 1. The van der Waals surface area contributed by atoms with Gasteiger partial charge in [-0.25, -0.2) is 9.61 Å². The van der Waals surface area contributed by atoms with E-state index in [0.717, 1.165) is 11.0 Å². The molecule has 9 nitrogen and oxygen atoms in total. The Labute approximate surface area is 149 Å². The van der Waals surface area contributed by atoms with Crippen molar-refractivity contribution in [2.24, 2.45) is 0 Å². The van der Waals surface area contributed by atoms with Crippen molar-refractivity contribution in [3.63, 3.8) is 0 Å². The number of carbonyl (C=O) groups excluding carboxylic acids is 1. The molecule has 0 spiro atoms. The lowest BCUT2D eigenvalue weighted by molar-refractivity contribution is -0.143. The lowest BCUT2D eigenvalue weighted by Crippen LogP contribution is -2.49. The minimum atomic E-state index is -0.00794. The molecule has 0 bridgehead atoms. The van der Waals surface area contributed by atoms with Crippen LogP contribution in [0.2, 0.25) is 0 Å².